The first-order chi connectivity index (χ1) is 14.6. The Labute approximate surface area is 174 Å². The van der Waals surface area contributed by atoms with Crippen LogP contribution in [0.2, 0.25) is 0 Å². The Morgan fingerprint density at radius 2 is 1.97 bits per heavy atom. The lowest BCUT2D eigenvalue weighted by atomic mass is 9.93. The number of aliphatic hydroxyl groups is 1. The first-order valence-corrected chi connectivity index (χ1v) is 9.66. The van der Waals surface area contributed by atoms with Crippen LogP contribution in [-0.2, 0) is 0 Å². The number of nitrogens with one attached hydrogen (secondary N) is 1. The quantitative estimate of drug-likeness (QED) is 0.509. The maximum atomic E-state index is 9.95. The zero-order chi connectivity index (χ0) is 20.7. The van der Waals surface area contributed by atoms with Crippen LogP contribution in [-0.4, -0.2) is 21.3 Å². The van der Waals surface area contributed by atoms with Crippen molar-refractivity contribution in [1.82, 2.24) is 9.97 Å². The minimum atomic E-state index is -0.775. The van der Waals surface area contributed by atoms with Crippen LogP contribution in [0.5, 0.6) is 0 Å². The third-order valence-corrected chi connectivity index (χ3v) is 5.27. The first-order valence-electron chi connectivity index (χ1n) is 9.66. The van der Waals surface area contributed by atoms with Crippen LogP contribution in [0.4, 0.5) is 5.82 Å². The number of hydrogen-bond donors (Lipinski definition) is 2. The van der Waals surface area contributed by atoms with E-state index < -0.39 is 6.23 Å². The van der Waals surface area contributed by atoms with E-state index in [9.17, 15) is 10.4 Å². The van der Waals surface area contributed by atoms with Gasteiger partial charge in [0.05, 0.1) is 22.8 Å². The average molecular weight is 390 g/mol. The van der Waals surface area contributed by atoms with E-state index in [1.807, 2.05) is 30.3 Å². The summed E-state index contributed by atoms with van der Waals surface area (Å²) >= 11 is 0. The number of pyridine rings is 2. The highest BCUT2D eigenvalue weighted by Crippen LogP contribution is 2.37. The van der Waals surface area contributed by atoms with Gasteiger partial charge in [-0.2, -0.15) is 5.26 Å². The van der Waals surface area contributed by atoms with Gasteiger partial charge >= 0.3 is 0 Å². The summed E-state index contributed by atoms with van der Waals surface area (Å²) in [5, 5.41) is 23.4. The predicted octanol–water partition coefficient (Wildman–Crippen LogP) is 4.90. The fraction of sp³-hybridized carbons (Fsp3) is 0.0800. The van der Waals surface area contributed by atoms with Gasteiger partial charge in [0.2, 0.25) is 0 Å². The molecule has 1 aliphatic heterocycles. The molecule has 1 unspecified atom stereocenters. The molecule has 3 heterocycles. The Kier molecular flexibility index (Phi) is 4.27. The van der Waals surface area contributed by atoms with Gasteiger partial charge in [-0.05, 0) is 60.5 Å². The molecule has 0 fully saturated rings. The number of nitrogens with zero attached hydrogens (tertiary/aromatic N) is 3. The van der Waals surface area contributed by atoms with Crippen molar-refractivity contribution in [3.8, 4) is 28.5 Å². The van der Waals surface area contributed by atoms with Crippen LogP contribution in [0.15, 0.2) is 66.9 Å². The molecule has 2 N–H and O–H groups in total. The van der Waals surface area contributed by atoms with Crippen LogP contribution in [0, 0.1) is 18.3 Å². The number of aromatic nitrogens is 2. The van der Waals surface area contributed by atoms with Gasteiger partial charge in [0.1, 0.15) is 12.0 Å². The van der Waals surface area contributed by atoms with Crippen molar-refractivity contribution in [2.24, 2.45) is 0 Å². The van der Waals surface area contributed by atoms with Crippen molar-refractivity contribution >= 4 is 22.8 Å². The van der Waals surface area contributed by atoms with Crippen molar-refractivity contribution in [2.75, 3.05) is 5.32 Å². The van der Waals surface area contributed by atoms with Gasteiger partial charge in [0.25, 0.3) is 0 Å². The second kappa shape index (κ2) is 7.11. The van der Waals surface area contributed by atoms with Crippen LogP contribution >= 0.6 is 0 Å². The molecule has 0 radical (unpaired) electrons. The predicted molar refractivity (Wildman–Crippen MR) is 119 cm³/mol. The third-order valence-electron chi connectivity index (χ3n) is 5.27. The smallest absolute Gasteiger partial charge is 0.145 e. The molecule has 0 saturated carbocycles. The van der Waals surface area contributed by atoms with Crippen LogP contribution < -0.4 is 5.32 Å². The van der Waals surface area contributed by atoms with E-state index in [1.54, 1.807) is 18.3 Å². The number of nitriles is 1. The summed E-state index contributed by atoms with van der Waals surface area (Å²) in [5.74, 6) is 0.616. The van der Waals surface area contributed by atoms with E-state index in [0.29, 0.717) is 11.4 Å². The molecule has 1 aliphatic rings. The fourth-order valence-corrected chi connectivity index (χ4v) is 3.86. The molecule has 144 valence electrons. The molecule has 1 atom stereocenters. The van der Waals surface area contributed by atoms with E-state index in [-0.39, 0.29) is 0 Å². The molecular formula is C25H18N4O. The number of aryl methyl sites for hydroxylation is 1. The SMILES string of the molecule is Cc1cc(-c2cc3c(nc2-c2cccc(C#N)c2)NC(O)C=C3)cc2cccnc12. The number of anilines is 1. The van der Waals surface area contributed by atoms with Crippen molar-refractivity contribution < 1.29 is 5.11 Å². The van der Waals surface area contributed by atoms with Crippen molar-refractivity contribution in [3.63, 3.8) is 0 Å². The molecule has 0 spiro atoms. The van der Waals surface area contributed by atoms with E-state index in [4.69, 9.17) is 4.98 Å². The molecule has 2 aromatic heterocycles. The number of hydrogen-bond acceptors (Lipinski definition) is 5. The first kappa shape index (κ1) is 18.0. The lowest BCUT2D eigenvalue weighted by molar-refractivity contribution is 0.251. The van der Waals surface area contributed by atoms with Crippen molar-refractivity contribution in [3.05, 3.63) is 83.6 Å². The molecule has 0 saturated heterocycles. The minimum absolute atomic E-state index is 0.574. The van der Waals surface area contributed by atoms with Gasteiger partial charge in [0.15, 0.2) is 0 Å². The molecule has 4 aromatic rings. The summed E-state index contributed by atoms with van der Waals surface area (Å²) < 4.78 is 0. The summed E-state index contributed by atoms with van der Waals surface area (Å²) in [4.78, 5) is 9.34. The number of aliphatic hydroxyl groups excluding tert-OH is 1. The summed E-state index contributed by atoms with van der Waals surface area (Å²) in [5.41, 5.74) is 7.13. The van der Waals surface area contributed by atoms with Gasteiger partial charge in [-0.15, -0.1) is 0 Å². The van der Waals surface area contributed by atoms with Crippen LogP contribution in [0.3, 0.4) is 0 Å². The highest BCUT2D eigenvalue weighted by atomic mass is 16.3. The summed E-state index contributed by atoms with van der Waals surface area (Å²) in [7, 11) is 0. The zero-order valence-electron chi connectivity index (χ0n) is 16.3. The van der Waals surface area contributed by atoms with Crippen LogP contribution in [0.25, 0.3) is 39.4 Å². The maximum absolute atomic E-state index is 9.95. The Bertz CT molecular complexity index is 1370. The Hall–Kier alpha value is -4.01. The summed E-state index contributed by atoms with van der Waals surface area (Å²) in [6.45, 7) is 2.05. The average Bonchev–Trinajstić information content (AvgIpc) is 2.78. The second-order valence-electron chi connectivity index (χ2n) is 7.33. The highest BCUT2D eigenvalue weighted by molar-refractivity contribution is 5.92. The molecule has 0 bridgehead atoms. The van der Waals surface area contributed by atoms with E-state index in [2.05, 4.69) is 47.6 Å². The number of rotatable bonds is 2. The van der Waals surface area contributed by atoms with Gasteiger partial charge in [-0.1, -0.05) is 24.3 Å². The Balaban J connectivity index is 1.79. The maximum Gasteiger partial charge on any atom is 0.145 e. The topological polar surface area (TPSA) is 81.8 Å². The number of fused-ring (bicyclic) bond motifs is 2. The Morgan fingerprint density at radius 1 is 1.07 bits per heavy atom. The standard InChI is InChI=1S/C25H18N4O/c1-15-10-20(12-18-6-3-9-27-23(15)18)21-13-19-7-8-22(30)28-25(19)29-24(21)17-5-2-4-16(11-17)14-26/h2-13,22,30H,1H3,(H,28,29). The molecular weight excluding hydrogens is 372 g/mol. The summed E-state index contributed by atoms with van der Waals surface area (Å²) in [6, 6.07) is 19.9. The van der Waals surface area contributed by atoms with E-state index in [0.717, 1.165) is 44.4 Å². The molecule has 5 nitrogen and oxygen atoms in total. The van der Waals surface area contributed by atoms with Crippen LogP contribution in [0.1, 0.15) is 16.7 Å². The normalized spacial score (nSPS) is 14.8. The van der Waals surface area contributed by atoms with Crippen molar-refractivity contribution in [1.29, 1.82) is 5.26 Å². The van der Waals surface area contributed by atoms with Gasteiger partial charge < -0.3 is 10.4 Å². The molecule has 30 heavy (non-hydrogen) atoms. The second-order valence-corrected chi connectivity index (χ2v) is 7.33. The lowest BCUT2D eigenvalue weighted by Gasteiger charge is -2.21. The van der Waals surface area contributed by atoms with Crippen molar-refractivity contribution in [2.45, 2.75) is 13.2 Å². The van der Waals surface area contributed by atoms with Gasteiger partial charge in [-0.3, -0.25) is 4.98 Å². The van der Waals surface area contributed by atoms with E-state index in [1.165, 1.54) is 0 Å². The summed E-state index contributed by atoms with van der Waals surface area (Å²) in [6.07, 6.45) is 4.59. The Morgan fingerprint density at radius 3 is 2.83 bits per heavy atom. The molecule has 0 amide bonds. The highest BCUT2D eigenvalue weighted by Gasteiger charge is 2.18. The molecule has 2 aromatic carbocycles. The molecule has 0 aliphatic carbocycles. The molecule has 5 heteroatoms. The van der Waals surface area contributed by atoms with E-state index >= 15 is 0 Å². The fourth-order valence-electron chi connectivity index (χ4n) is 3.86. The monoisotopic (exact) mass is 390 g/mol. The third kappa shape index (κ3) is 3.10. The number of benzene rings is 2. The molecule has 5 rings (SSSR count). The largest absolute Gasteiger partial charge is 0.370 e. The lowest BCUT2D eigenvalue weighted by Crippen LogP contribution is -2.20. The zero-order valence-corrected chi connectivity index (χ0v) is 16.3. The van der Waals surface area contributed by atoms with Gasteiger partial charge in [-0.25, -0.2) is 4.98 Å². The minimum Gasteiger partial charge on any atom is -0.370 e. The van der Waals surface area contributed by atoms with Gasteiger partial charge in [0, 0.05) is 28.3 Å².